The van der Waals surface area contributed by atoms with Crippen molar-refractivity contribution in [2.75, 3.05) is 32.7 Å². The van der Waals surface area contributed by atoms with Gasteiger partial charge in [0.2, 0.25) is 5.91 Å². The van der Waals surface area contributed by atoms with Gasteiger partial charge in [-0.25, -0.2) is 0 Å². The van der Waals surface area contributed by atoms with Crippen LogP contribution in [0, 0.1) is 0 Å². The van der Waals surface area contributed by atoms with Crippen LogP contribution in [-0.2, 0) is 11.8 Å². The number of benzene rings is 1. The molecule has 140 valence electrons. The number of likely N-dealkylation sites (tertiary alicyclic amines) is 2. The second-order valence-corrected chi connectivity index (χ2v) is 7.61. The van der Waals surface area contributed by atoms with Gasteiger partial charge < -0.3 is 19.1 Å². The maximum atomic E-state index is 11.9. The largest absolute Gasteiger partial charge is 0.490 e. The van der Waals surface area contributed by atoms with Gasteiger partial charge in [0.15, 0.2) is 0 Å². The third kappa shape index (κ3) is 3.73. The molecule has 1 aromatic carbocycles. The fourth-order valence-corrected chi connectivity index (χ4v) is 4.17. The summed E-state index contributed by atoms with van der Waals surface area (Å²) in [6, 6.07) is 8.42. The molecule has 2 aromatic rings. The number of nitrogens with zero attached hydrogens (tertiary/aromatic N) is 3. The maximum Gasteiger partial charge on any atom is 0.222 e. The number of hydrogen-bond acceptors (Lipinski definition) is 3. The number of hydrogen-bond donors (Lipinski definition) is 0. The minimum absolute atomic E-state index is 0.286. The van der Waals surface area contributed by atoms with E-state index in [2.05, 4.69) is 47.0 Å². The lowest BCUT2D eigenvalue weighted by Gasteiger charge is -2.34. The number of carbonyl (C=O) groups is 1. The summed E-state index contributed by atoms with van der Waals surface area (Å²) in [6.07, 6.45) is 7.43. The maximum absolute atomic E-state index is 11.9. The number of aromatic nitrogens is 1. The van der Waals surface area contributed by atoms with Gasteiger partial charge in [-0.2, -0.15) is 0 Å². The molecule has 2 fully saturated rings. The predicted octanol–water partition coefficient (Wildman–Crippen LogP) is 3.03. The first-order chi connectivity index (χ1) is 12.7. The number of carbonyl (C=O) groups excluding carboxylic acids is 1. The molecule has 5 heteroatoms. The van der Waals surface area contributed by atoms with Gasteiger partial charge in [-0.15, -0.1) is 0 Å². The average molecular weight is 355 g/mol. The Labute approximate surface area is 155 Å². The zero-order valence-corrected chi connectivity index (χ0v) is 15.7. The molecule has 0 aliphatic carbocycles. The highest BCUT2D eigenvalue weighted by Gasteiger charge is 2.23. The monoisotopic (exact) mass is 355 g/mol. The van der Waals surface area contributed by atoms with Gasteiger partial charge in [0, 0.05) is 57.8 Å². The summed E-state index contributed by atoms with van der Waals surface area (Å²) < 4.78 is 8.47. The van der Waals surface area contributed by atoms with Crippen LogP contribution >= 0.6 is 0 Å². The lowest BCUT2D eigenvalue weighted by Crippen LogP contribution is -2.44. The summed E-state index contributed by atoms with van der Waals surface area (Å²) in [6.45, 7) is 4.93. The van der Waals surface area contributed by atoms with Crippen LogP contribution in [0.2, 0.25) is 0 Å². The molecule has 0 unspecified atom stereocenters. The van der Waals surface area contributed by atoms with Crippen LogP contribution in [0.15, 0.2) is 30.5 Å². The molecule has 26 heavy (non-hydrogen) atoms. The van der Waals surface area contributed by atoms with Gasteiger partial charge in [0.1, 0.15) is 11.9 Å². The molecular weight excluding hydrogens is 326 g/mol. The summed E-state index contributed by atoms with van der Waals surface area (Å²) in [5.74, 6) is 1.34. The van der Waals surface area contributed by atoms with Gasteiger partial charge in [-0.3, -0.25) is 4.79 Å². The standard InChI is InChI=1S/C21H29N3O2/c1-22-12-10-18-19(22)5-4-6-20(18)26-17-8-13-23(14-9-17)15-16-24-11-3-2-7-21(24)25/h4-6,10,12,17H,2-3,7-9,11,13-16H2,1H3. The summed E-state index contributed by atoms with van der Waals surface area (Å²) in [5, 5.41) is 1.20. The van der Waals surface area contributed by atoms with Gasteiger partial charge >= 0.3 is 0 Å². The van der Waals surface area contributed by atoms with Gasteiger partial charge in [-0.05, 0) is 43.9 Å². The van der Waals surface area contributed by atoms with Crippen molar-refractivity contribution >= 4 is 16.8 Å². The van der Waals surface area contributed by atoms with Gasteiger partial charge in [0.25, 0.3) is 0 Å². The lowest BCUT2D eigenvalue weighted by atomic mass is 10.1. The van der Waals surface area contributed by atoms with Crippen molar-refractivity contribution in [1.29, 1.82) is 0 Å². The minimum Gasteiger partial charge on any atom is -0.490 e. The highest BCUT2D eigenvalue weighted by molar-refractivity contribution is 5.86. The van der Waals surface area contributed by atoms with Gasteiger partial charge in [-0.1, -0.05) is 6.07 Å². The Kier molecular flexibility index (Phi) is 5.16. The van der Waals surface area contributed by atoms with Crippen LogP contribution in [0.5, 0.6) is 5.75 Å². The fraction of sp³-hybridized carbons (Fsp3) is 0.571. The van der Waals surface area contributed by atoms with Gasteiger partial charge in [0.05, 0.1) is 5.52 Å². The van der Waals surface area contributed by atoms with Crippen molar-refractivity contribution in [2.24, 2.45) is 7.05 Å². The van der Waals surface area contributed by atoms with E-state index in [-0.39, 0.29) is 6.10 Å². The first-order valence-electron chi connectivity index (χ1n) is 9.91. The molecule has 1 amide bonds. The summed E-state index contributed by atoms with van der Waals surface area (Å²) in [4.78, 5) is 16.4. The molecule has 2 saturated heterocycles. The quantitative estimate of drug-likeness (QED) is 0.827. The van der Waals surface area contributed by atoms with E-state index < -0.39 is 0 Å². The first kappa shape index (κ1) is 17.4. The first-order valence-corrected chi connectivity index (χ1v) is 9.91. The van der Waals surface area contributed by atoms with Crippen LogP contribution in [0.25, 0.3) is 10.9 Å². The molecule has 0 atom stereocenters. The smallest absolute Gasteiger partial charge is 0.222 e. The minimum atomic E-state index is 0.286. The van der Waals surface area contributed by atoms with Crippen LogP contribution < -0.4 is 4.74 Å². The predicted molar refractivity (Wildman–Crippen MR) is 103 cm³/mol. The summed E-state index contributed by atoms with van der Waals surface area (Å²) in [7, 11) is 2.07. The molecule has 2 aliphatic rings. The lowest BCUT2D eigenvalue weighted by molar-refractivity contribution is -0.133. The van der Waals surface area contributed by atoms with E-state index in [1.54, 1.807) is 0 Å². The van der Waals surface area contributed by atoms with Crippen LogP contribution in [0.4, 0.5) is 0 Å². The molecular formula is C21H29N3O2. The third-order valence-corrected chi connectivity index (χ3v) is 5.82. The number of amides is 1. The highest BCUT2D eigenvalue weighted by atomic mass is 16.5. The number of fused-ring (bicyclic) bond motifs is 1. The Morgan fingerprint density at radius 1 is 1.08 bits per heavy atom. The molecule has 5 nitrogen and oxygen atoms in total. The molecule has 0 bridgehead atoms. The zero-order valence-electron chi connectivity index (χ0n) is 15.7. The highest BCUT2D eigenvalue weighted by Crippen LogP contribution is 2.28. The molecule has 3 heterocycles. The van der Waals surface area contributed by atoms with E-state index >= 15 is 0 Å². The second-order valence-electron chi connectivity index (χ2n) is 7.61. The van der Waals surface area contributed by atoms with Crippen molar-refractivity contribution in [2.45, 2.75) is 38.2 Å². The van der Waals surface area contributed by atoms with E-state index in [1.165, 1.54) is 10.9 Å². The molecule has 0 saturated carbocycles. The molecule has 4 rings (SSSR count). The molecule has 2 aliphatic heterocycles. The average Bonchev–Trinajstić information content (AvgIpc) is 3.05. The zero-order chi connectivity index (χ0) is 17.9. The van der Waals surface area contributed by atoms with E-state index in [1.807, 2.05) is 4.90 Å². The SMILES string of the molecule is Cn1ccc2c(OC3CCN(CCN4CCCCC4=O)CC3)cccc21. The number of aryl methyl sites for hydroxylation is 1. The van der Waals surface area contributed by atoms with Crippen LogP contribution in [-0.4, -0.2) is 59.1 Å². The number of rotatable bonds is 5. The van der Waals surface area contributed by atoms with E-state index in [9.17, 15) is 4.79 Å². The van der Waals surface area contributed by atoms with Crippen molar-refractivity contribution in [3.05, 3.63) is 30.5 Å². The van der Waals surface area contributed by atoms with E-state index in [4.69, 9.17) is 4.74 Å². The Hall–Kier alpha value is -2.01. The molecule has 0 N–H and O–H groups in total. The van der Waals surface area contributed by atoms with Crippen molar-refractivity contribution < 1.29 is 9.53 Å². The molecule has 0 spiro atoms. The fourth-order valence-electron chi connectivity index (χ4n) is 4.17. The normalized spacial score (nSPS) is 20.0. The van der Waals surface area contributed by atoms with Crippen LogP contribution in [0.3, 0.4) is 0 Å². The topological polar surface area (TPSA) is 37.7 Å². The Morgan fingerprint density at radius 3 is 2.73 bits per heavy atom. The molecule has 0 radical (unpaired) electrons. The summed E-state index contributed by atoms with van der Waals surface area (Å²) in [5.41, 5.74) is 1.21. The number of piperidine rings is 2. The summed E-state index contributed by atoms with van der Waals surface area (Å²) >= 11 is 0. The van der Waals surface area contributed by atoms with Crippen molar-refractivity contribution in [3.63, 3.8) is 0 Å². The Balaban J connectivity index is 1.27. The third-order valence-electron chi connectivity index (χ3n) is 5.82. The number of ether oxygens (including phenoxy) is 1. The van der Waals surface area contributed by atoms with Crippen molar-refractivity contribution in [3.8, 4) is 5.75 Å². The van der Waals surface area contributed by atoms with E-state index in [0.717, 1.165) is 70.6 Å². The van der Waals surface area contributed by atoms with Crippen molar-refractivity contribution in [1.82, 2.24) is 14.4 Å². The van der Waals surface area contributed by atoms with E-state index in [0.29, 0.717) is 5.91 Å². The molecule has 1 aromatic heterocycles. The Morgan fingerprint density at radius 2 is 1.92 bits per heavy atom. The van der Waals surface area contributed by atoms with Crippen LogP contribution in [0.1, 0.15) is 32.1 Å². The Bertz CT molecular complexity index is 762. The second kappa shape index (κ2) is 7.70.